The standard InChI is InChI=1S/C13H22N4O3/c1-9(2)12(10(3)4)6-14-13(18)8-16-7-11(5-15-16)17(19)20/h5,7,9-10,12H,6,8H2,1-4H3,(H,14,18). The molecule has 0 bridgehead atoms. The van der Waals surface area contributed by atoms with Crippen molar-refractivity contribution in [3.05, 3.63) is 22.5 Å². The van der Waals surface area contributed by atoms with E-state index in [4.69, 9.17) is 0 Å². The molecule has 0 spiro atoms. The molecule has 1 aromatic rings. The number of carbonyl (C=O) groups excluding carboxylic acids is 1. The van der Waals surface area contributed by atoms with Crippen molar-refractivity contribution in [2.24, 2.45) is 17.8 Å². The van der Waals surface area contributed by atoms with E-state index in [1.807, 2.05) is 0 Å². The van der Waals surface area contributed by atoms with Gasteiger partial charge in [0.1, 0.15) is 18.9 Å². The fraction of sp³-hybridized carbons (Fsp3) is 0.692. The molecule has 20 heavy (non-hydrogen) atoms. The van der Waals surface area contributed by atoms with E-state index in [-0.39, 0.29) is 18.1 Å². The third-order valence-corrected chi connectivity index (χ3v) is 3.38. The van der Waals surface area contributed by atoms with Crippen molar-refractivity contribution in [3.63, 3.8) is 0 Å². The molecular weight excluding hydrogens is 260 g/mol. The highest BCUT2D eigenvalue weighted by Crippen LogP contribution is 2.19. The molecule has 7 nitrogen and oxygen atoms in total. The minimum absolute atomic E-state index is 0.00322. The molecule has 0 aliphatic heterocycles. The molecule has 0 atom stereocenters. The van der Waals surface area contributed by atoms with Crippen molar-refractivity contribution < 1.29 is 9.72 Å². The summed E-state index contributed by atoms with van der Waals surface area (Å²) < 4.78 is 1.27. The van der Waals surface area contributed by atoms with Crippen molar-refractivity contribution in [3.8, 4) is 0 Å². The maximum Gasteiger partial charge on any atom is 0.307 e. The molecule has 0 aromatic carbocycles. The Labute approximate surface area is 118 Å². The highest BCUT2D eigenvalue weighted by atomic mass is 16.6. The molecule has 7 heteroatoms. The number of aromatic nitrogens is 2. The Morgan fingerprint density at radius 1 is 1.40 bits per heavy atom. The number of hydrogen-bond donors (Lipinski definition) is 1. The second-order valence-electron chi connectivity index (χ2n) is 5.61. The normalized spacial score (nSPS) is 11.3. The Bertz CT molecular complexity index is 460. The lowest BCUT2D eigenvalue weighted by molar-refractivity contribution is -0.385. The Balaban J connectivity index is 2.48. The summed E-state index contributed by atoms with van der Waals surface area (Å²) in [5.74, 6) is 1.20. The van der Waals surface area contributed by atoms with Crippen molar-refractivity contribution in [2.45, 2.75) is 34.2 Å². The third-order valence-electron chi connectivity index (χ3n) is 3.38. The molecule has 0 aliphatic rings. The lowest BCUT2D eigenvalue weighted by atomic mass is 9.85. The number of nitrogens with zero attached hydrogens (tertiary/aromatic N) is 3. The predicted octanol–water partition coefficient (Wildman–Crippen LogP) is 1.84. The molecule has 0 saturated heterocycles. The van der Waals surface area contributed by atoms with Gasteiger partial charge in [-0.15, -0.1) is 0 Å². The molecule has 112 valence electrons. The zero-order valence-corrected chi connectivity index (χ0v) is 12.4. The van der Waals surface area contributed by atoms with Crippen LogP contribution in [0.5, 0.6) is 0 Å². The smallest absolute Gasteiger partial charge is 0.307 e. The van der Waals surface area contributed by atoms with Gasteiger partial charge in [-0.1, -0.05) is 27.7 Å². The minimum atomic E-state index is -0.533. The molecule has 0 fully saturated rings. The lowest BCUT2D eigenvalue weighted by Gasteiger charge is -2.25. The zero-order valence-electron chi connectivity index (χ0n) is 12.4. The summed E-state index contributed by atoms with van der Waals surface area (Å²) in [4.78, 5) is 21.8. The van der Waals surface area contributed by atoms with Crippen LogP contribution in [-0.4, -0.2) is 27.2 Å². The van der Waals surface area contributed by atoms with Gasteiger partial charge in [-0.05, 0) is 17.8 Å². The third kappa shape index (κ3) is 4.64. The fourth-order valence-electron chi connectivity index (χ4n) is 2.21. The van der Waals surface area contributed by atoms with Gasteiger partial charge in [0.15, 0.2) is 0 Å². The van der Waals surface area contributed by atoms with E-state index >= 15 is 0 Å². The van der Waals surface area contributed by atoms with Gasteiger partial charge >= 0.3 is 5.69 Å². The van der Waals surface area contributed by atoms with Crippen LogP contribution in [0.2, 0.25) is 0 Å². The Morgan fingerprint density at radius 2 is 2.00 bits per heavy atom. The van der Waals surface area contributed by atoms with Crippen LogP contribution in [0.1, 0.15) is 27.7 Å². The molecule has 1 heterocycles. The summed E-state index contributed by atoms with van der Waals surface area (Å²) in [7, 11) is 0. The SMILES string of the molecule is CC(C)C(CNC(=O)Cn1cc([N+](=O)[O-])cn1)C(C)C. The van der Waals surface area contributed by atoms with Crippen LogP contribution in [0.4, 0.5) is 5.69 Å². The van der Waals surface area contributed by atoms with Gasteiger partial charge in [-0.3, -0.25) is 19.6 Å². The van der Waals surface area contributed by atoms with E-state index in [2.05, 4.69) is 38.1 Å². The van der Waals surface area contributed by atoms with Crippen LogP contribution in [0.3, 0.4) is 0 Å². The van der Waals surface area contributed by atoms with Crippen LogP contribution in [0.25, 0.3) is 0 Å². The highest BCUT2D eigenvalue weighted by Gasteiger charge is 2.18. The first-order chi connectivity index (χ1) is 9.31. The number of carbonyl (C=O) groups is 1. The van der Waals surface area contributed by atoms with Gasteiger partial charge < -0.3 is 5.32 Å². The first kappa shape index (κ1) is 16.1. The number of amides is 1. The van der Waals surface area contributed by atoms with Crippen LogP contribution in [-0.2, 0) is 11.3 Å². The molecule has 1 aromatic heterocycles. The largest absolute Gasteiger partial charge is 0.354 e. The molecular formula is C13H22N4O3. The average molecular weight is 282 g/mol. The number of rotatable bonds is 7. The first-order valence-corrected chi connectivity index (χ1v) is 6.74. The van der Waals surface area contributed by atoms with Crippen molar-refractivity contribution in [1.82, 2.24) is 15.1 Å². The van der Waals surface area contributed by atoms with Crippen LogP contribution in [0.15, 0.2) is 12.4 Å². The lowest BCUT2D eigenvalue weighted by Crippen LogP contribution is -2.35. The number of hydrogen-bond acceptors (Lipinski definition) is 4. The first-order valence-electron chi connectivity index (χ1n) is 6.74. The van der Waals surface area contributed by atoms with E-state index in [1.165, 1.54) is 10.9 Å². The Morgan fingerprint density at radius 3 is 2.45 bits per heavy atom. The summed E-state index contributed by atoms with van der Waals surface area (Å²) in [6.07, 6.45) is 2.39. The van der Waals surface area contributed by atoms with E-state index in [0.717, 1.165) is 6.20 Å². The van der Waals surface area contributed by atoms with Crippen LogP contribution < -0.4 is 5.32 Å². The average Bonchev–Trinajstić information content (AvgIpc) is 2.76. The summed E-state index contributed by atoms with van der Waals surface area (Å²) in [6.45, 7) is 9.14. The second kappa shape index (κ2) is 7.02. The van der Waals surface area contributed by atoms with Gasteiger partial charge in [0.2, 0.25) is 5.91 Å². The van der Waals surface area contributed by atoms with Crippen molar-refractivity contribution in [1.29, 1.82) is 0 Å². The van der Waals surface area contributed by atoms with E-state index < -0.39 is 4.92 Å². The van der Waals surface area contributed by atoms with Gasteiger partial charge in [-0.2, -0.15) is 5.10 Å². The van der Waals surface area contributed by atoms with Crippen molar-refractivity contribution in [2.75, 3.05) is 6.54 Å². The molecule has 0 aliphatic carbocycles. The quantitative estimate of drug-likeness (QED) is 0.610. The summed E-state index contributed by atoms with van der Waals surface area (Å²) in [5, 5.41) is 17.2. The molecule has 1 N–H and O–H groups in total. The Hall–Kier alpha value is -1.92. The Kier molecular flexibility index (Phi) is 5.66. The highest BCUT2D eigenvalue weighted by molar-refractivity contribution is 5.75. The molecule has 0 radical (unpaired) electrons. The molecule has 0 saturated carbocycles. The molecule has 0 unspecified atom stereocenters. The van der Waals surface area contributed by atoms with E-state index in [9.17, 15) is 14.9 Å². The minimum Gasteiger partial charge on any atom is -0.354 e. The summed E-state index contributed by atoms with van der Waals surface area (Å²) >= 11 is 0. The second-order valence-corrected chi connectivity index (χ2v) is 5.61. The van der Waals surface area contributed by atoms with Crippen molar-refractivity contribution >= 4 is 11.6 Å². The number of nitrogens with one attached hydrogen (secondary N) is 1. The van der Waals surface area contributed by atoms with Gasteiger partial charge in [0.25, 0.3) is 0 Å². The fourth-order valence-corrected chi connectivity index (χ4v) is 2.21. The summed E-state index contributed by atoms with van der Waals surface area (Å²) in [5.41, 5.74) is -0.111. The maximum absolute atomic E-state index is 11.8. The monoisotopic (exact) mass is 282 g/mol. The maximum atomic E-state index is 11.8. The van der Waals surface area contributed by atoms with Gasteiger partial charge in [0.05, 0.1) is 4.92 Å². The van der Waals surface area contributed by atoms with E-state index in [1.54, 1.807) is 0 Å². The summed E-state index contributed by atoms with van der Waals surface area (Å²) in [6, 6.07) is 0. The zero-order chi connectivity index (χ0) is 15.3. The topological polar surface area (TPSA) is 90.1 Å². The van der Waals surface area contributed by atoms with Gasteiger partial charge in [-0.25, -0.2) is 0 Å². The van der Waals surface area contributed by atoms with E-state index in [0.29, 0.717) is 24.3 Å². The molecule has 1 amide bonds. The van der Waals surface area contributed by atoms with Gasteiger partial charge in [0, 0.05) is 6.54 Å². The predicted molar refractivity (Wildman–Crippen MR) is 75.1 cm³/mol. The van der Waals surface area contributed by atoms with Crippen LogP contribution >= 0.6 is 0 Å². The molecule has 1 rings (SSSR count). The number of nitro groups is 1. The van der Waals surface area contributed by atoms with Crippen LogP contribution in [0, 0.1) is 27.9 Å².